The van der Waals surface area contributed by atoms with Gasteiger partial charge in [0.2, 0.25) is 0 Å². The van der Waals surface area contributed by atoms with Gasteiger partial charge in [-0.15, -0.1) is 0 Å². The van der Waals surface area contributed by atoms with Gasteiger partial charge < -0.3 is 4.74 Å². The largest absolute Gasteiger partial charge is 0.465 e. The van der Waals surface area contributed by atoms with Crippen molar-refractivity contribution in [2.24, 2.45) is 0 Å². The van der Waals surface area contributed by atoms with Crippen LogP contribution in [0.1, 0.15) is 27.2 Å². The fraction of sp³-hybridized carbons (Fsp3) is 0.250. The monoisotopic (exact) mass is 268 g/mol. The van der Waals surface area contributed by atoms with Crippen molar-refractivity contribution in [3.05, 3.63) is 65.0 Å². The quantitative estimate of drug-likeness (QED) is 0.802. The number of esters is 1. The number of rotatable bonds is 3. The summed E-state index contributed by atoms with van der Waals surface area (Å²) in [6, 6.07) is 12.2. The normalized spacial score (nSPS) is 14.1. The lowest BCUT2D eigenvalue weighted by atomic mass is 10.1. The Bertz CT molecular complexity index is 626. The van der Waals surface area contributed by atoms with E-state index in [1.807, 2.05) is 24.3 Å². The van der Waals surface area contributed by atoms with Crippen LogP contribution < -0.4 is 0 Å². The number of hydrogen-bond donors (Lipinski definition) is 0. The molecule has 0 atom stereocenters. The lowest BCUT2D eigenvalue weighted by molar-refractivity contribution is 0.0600. The number of pyridine rings is 1. The van der Waals surface area contributed by atoms with Gasteiger partial charge in [0.15, 0.2) is 0 Å². The van der Waals surface area contributed by atoms with Gasteiger partial charge in [-0.25, -0.2) is 4.79 Å². The SMILES string of the molecule is COC(=O)c1cnc2c(c1)CN(Cc1ccccc1)C2. The molecule has 0 spiro atoms. The second-order valence-corrected chi connectivity index (χ2v) is 4.95. The van der Waals surface area contributed by atoms with Crippen LogP contribution in [0.5, 0.6) is 0 Å². The molecule has 0 saturated heterocycles. The molecule has 0 N–H and O–H groups in total. The summed E-state index contributed by atoms with van der Waals surface area (Å²) >= 11 is 0. The highest BCUT2D eigenvalue weighted by Crippen LogP contribution is 2.23. The zero-order valence-electron chi connectivity index (χ0n) is 11.4. The van der Waals surface area contributed by atoms with E-state index in [1.165, 1.54) is 12.7 Å². The summed E-state index contributed by atoms with van der Waals surface area (Å²) in [4.78, 5) is 18.2. The highest BCUT2D eigenvalue weighted by atomic mass is 16.5. The van der Waals surface area contributed by atoms with E-state index in [1.54, 1.807) is 6.20 Å². The lowest BCUT2D eigenvalue weighted by Crippen LogP contribution is -2.15. The zero-order chi connectivity index (χ0) is 13.9. The van der Waals surface area contributed by atoms with Crippen molar-refractivity contribution in [1.29, 1.82) is 0 Å². The van der Waals surface area contributed by atoms with E-state index in [2.05, 4.69) is 22.0 Å². The molecule has 1 aromatic heterocycles. The summed E-state index contributed by atoms with van der Waals surface area (Å²) in [5, 5.41) is 0. The number of ether oxygens (including phenoxy) is 1. The van der Waals surface area contributed by atoms with Crippen molar-refractivity contribution in [3.8, 4) is 0 Å². The molecule has 0 saturated carbocycles. The van der Waals surface area contributed by atoms with Crippen LogP contribution in [0.15, 0.2) is 42.6 Å². The highest BCUT2D eigenvalue weighted by molar-refractivity contribution is 5.89. The summed E-state index contributed by atoms with van der Waals surface area (Å²) < 4.78 is 4.73. The number of hydrogen-bond acceptors (Lipinski definition) is 4. The van der Waals surface area contributed by atoms with Gasteiger partial charge in [-0.2, -0.15) is 0 Å². The fourth-order valence-electron chi connectivity index (χ4n) is 2.51. The summed E-state index contributed by atoms with van der Waals surface area (Å²) in [6.07, 6.45) is 1.59. The molecule has 20 heavy (non-hydrogen) atoms. The molecule has 0 bridgehead atoms. The van der Waals surface area contributed by atoms with Crippen molar-refractivity contribution < 1.29 is 9.53 Å². The van der Waals surface area contributed by atoms with Crippen LogP contribution in [0.4, 0.5) is 0 Å². The third-order valence-electron chi connectivity index (χ3n) is 3.50. The predicted octanol–water partition coefficient (Wildman–Crippen LogP) is 2.38. The molecule has 1 aliphatic rings. The van der Waals surface area contributed by atoms with Crippen LogP contribution in [-0.4, -0.2) is 23.0 Å². The number of benzene rings is 1. The number of carbonyl (C=O) groups is 1. The second kappa shape index (κ2) is 5.43. The maximum Gasteiger partial charge on any atom is 0.339 e. The molecule has 0 aliphatic carbocycles. The first-order chi connectivity index (χ1) is 9.76. The Morgan fingerprint density at radius 1 is 1.30 bits per heavy atom. The molecule has 0 radical (unpaired) electrons. The third-order valence-corrected chi connectivity index (χ3v) is 3.50. The molecule has 2 heterocycles. The number of fused-ring (bicyclic) bond motifs is 1. The summed E-state index contributed by atoms with van der Waals surface area (Å²) in [7, 11) is 1.39. The Hall–Kier alpha value is -2.20. The molecular formula is C16H16N2O2. The minimum absolute atomic E-state index is 0.332. The number of nitrogens with zero attached hydrogens (tertiary/aromatic N) is 2. The molecule has 2 aromatic rings. The summed E-state index contributed by atoms with van der Waals surface area (Å²) in [6.45, 7) is 2.54. The van der Waals surface area contributed by atoms with E-state index < -0.39 is 0 Å². The molecular weight excluding hydrogens is 252 g/mol. The standard InChI is InChI=1S/C16H16N2O2/c1-20-16(19)13-7-14-10-18(11-15(14)17-8-13)9-12-5-3-2-4-6-12/h2-8H,9-11H2,1H3. The Morgan fingerprint density at radius 3 is 2.85 bits per heavy atom. The van der Waals surface area contributed by atoms with E-state index in [-0.39, 0.29) is 5.97 Å². The Labute approximate surface area is 118 Å². The average Bonchev–Trinajstić information content (AvgIpc) is 2.88. The first-order valence-corrected chi connectivity index (χ1v) is 6.58. The first kappa shape index (κ1) is 12.8. The topological polar surface area (TPSA) is 42.4 Å². The van der Waals surface area contributed by atoms with Gasteiger partial charge in [0.25, 0.3) is 0 Å². The zero-order valence-corrected chi connectivity index (χ0v) is 11.4. The Balaban J connectivity index is 1.74. The van der Waals surface area contributed by atoms with Gasteiger partial charge in [0, 0.05) is 25.8 Å². The second-order valence-electron chi connectivity index (χ2n) is 4.95. The van der Waals surface area contributed by atoms with E-state index >= 15 is 0 Å². The first-order valence-electron chi connectivity index (χ1n) is 6.58. The fourth-order valence-corrected chi connectivity index (χ4v) is 2.51. The maximum absolute atomic E-state index is 11.5. The number of methoxy groups -OCH3 is 1. The summed E-state index contributed by atoms with van der Waals surface area (Å²) in [5.74, 6) is -0.332. The van der Waals surface area contributed by atoms with Crippen LogP contribution in [0, 0.1) is 0 Å². The molecule has 4 nitrogen and oxygen atoms in total. The van der Waals surface area contributed by atoms with Gasteiger partial charge in [0.05, 0.1) is 18.4 Å². The van der Waals surface area contributed by atoms with Crippen LogP contribution >= 0.6 is 0 Å². The molecule has 0 amide bonds. The van der Waals surface area contributed by atoms with E-state index in [4.69, 9.17) is 4.74 Å². The predicted molar refractivity (Wildman–Crippen MR) is 75.0 cm³/mol. The summed E-state index contributed by atoms with van der Waals surface area (Å²) in [5.41, 5.74) is 3.97. The molecule has 102 valence electrons. The molecule has 3 rings (SSSR count). The smallest absolute Gasteiger partial charge is 0.339 e. The highest BCUT2D eigenvalue weighted by Gasteiger charge is 2.21. The van der Waals surface area contributed by atoms with Crippen LogP contribution in [-0.2, 0) is 24.4 Å². The van der Waals surface area contributed by atoms with Crippen molar-refractivity contribution in [3.63, 3.8) is 0 Å². The van der Waals surface area contributed by atoms with E-state index in [0.29, 0.717) is 5.56 Å². The number of carbonyl (C=O) groups excluding carboxylic acids is 1. The van der Waals surface area contributed by atoms with Crippen LogP contribution in [0.2, 0.25) is 0 Å². The van der Waals surface area contributed by atoms with Gasteiger partial charge in [-0.3, -0.25) is 9.88 Å². The molecule has 1 aromatic carbocycles. The van der Waals surface area contributed by atoms with Crippen molar-refractivity contribution in [2.45, 2.75) is 19.6 Å². The van der Waals surface area contributed by atoms with Gasteiger partial charge in [0.1, 0.15) is 0 Å². The molecule has 1 aliphatic heterocycles. The lowest BCUT2D eigenvalue weighted by Gasteiger charge is -2.14. The number of aromatic nitrogens is 1. The molecule has 4 heteroatoms. The Morgan fingerprint density at radius 2 is 2.10 bits per heavy atom. The van der Waals surface area contributed by atoms with Crippen molar-refractivity contribution in [2.75, 3.05) is 7.11 Å². The minimum atomic E-state index is -0.332. The third kappa shape index (κ3) is 2.56. The van der Waals surface area contributed by atoms with E-state index in [9.17, 15) is 4.79 Å². The van der Waals surface area contributed by atoms with Crippen molar-refractivity contribution >= 4 is 5.97 Å². The van der Waals surface area contributed by atoms with Gasteiger partial charge in [-0.05, 0) is 17.2 Å². The van der Waals surface area contributed by atoms with Gasteiger partial charge >= 0.3 is 5.97 Å². The average molecular weight is 268 g/mol. The Kier molecular flexibility index (Phi) is 3.48. The van der Waals surface area contributed by atoms with Crippen LogP contribution in [0.3, 0.4) is 0 Å². The van der Waals surface area contributed by atoms with Crippen molar-refractivity contribution in [1.82, 2.24) is 9.88 Å². The molecule has 0 unspecified atom stereocenters. The van der Waals surface area contributed by atoms with Gasteiger partial charge in [-0.1, -0.05) is 30.3 Å². The molecule has 0 fully saturated rings. The van der Waals surface area contributed by atoms with Crippen LogP contribution in [0.25, 0.3) is 0 Å². The minimum Gasteiger partial charge on any atom is -0.465 e. The van der Waals surface area contributed by atoms with E-state index in [0.717, 1.165) is 30.9 Å². The maximum atomic E-state index is 11.5.